The number of rotatable bonds is 6. The molecule has 1 fully saturated rings. The van der Waals surface area contributed by atoms with Gasteiger partial charge in [-0.15, -0.1) is 0 Å². The van der Waals surface area contributed by atoms with Crippen LogP contribution in [0.15, 0.2) is 30.3 Å². The quantitative estimate of drug-likeness (QED) is 0.566. The molecular formula is C22H31N3O5. The number of anilines is 1. The number of nitrogens with zero attached hydrogens (tertiary/aromatic N) is 2. The van der Waals surface area contributed by atoms with Crippen LogP contribution in [-0.2, 0) is 19.1 Å². The lowest BCUT2D eigenvalue weighted by Crippen LogP contribution is -2.51. The lowest BCUT2D eigenvalue weighted by atomic mass is 10.2. The van der Waals surface area contributed by atoms with Crippen molar-refractivity contribution in [2.24, 2.45) is 0 Å². The summed E-state index contributed by atoms with van der Waals surface area (Å²) in [4.78, 5) is 39.4. The molecule has 1 aromatic carbocycles. The maximum absolute atomic E-state index is 12.3. The van der Waals surface area contributed by atoms with Crippen LogP contribution < -0.4 is 5.32 Å². The van der Waals surface area contributed by atoms with Gasteiger partial charge < -0.3 is 19.7 Å². The molecule has 0 unspecified atom stereocenters. The molecule has 8 nitrogen and oxygen atoms in total. The van der Waals surface area contributed by atoms with E-state index < -0.39 is 5.60 Å². The van der Waals surface area contributed by atoms with Crippen molar-refractivity contribution in [3.8, 4) is 0 Å². The number of hydrogen-bond donors (Lipinski definition) is 1. The van der Waals surface area contributed by atoms with Crippen molar-refractivity contribution in [3.05, 3.63) is 35.9 Å². The topological polar surface area (TPSA) is 88.2 Å². The Labute approximate surface area is 177 Å². The minimum atomic E-state index is -0.516. The van der Waals surface area contributed by atoms with E-state index in [4.69, 9.17) is 9.47 Å². The maximum atomic E-state index is 12.3. The number of nitrogens with one attached hydrogen (secondary N) is 1. The lowest BCUT2D eigenvalue weighted by Gasteiger charge is -2.35. The Hall–Kier alpha value is -2.87. The molecule has 1 aromatic rings. The molecule has 0 saturated carbocycles. The van der Waals surface area contributed by atoms with E-state index >= 15 is 0 Å². The summed E-state index contributed by atoms with van der Waals surface area (Å²) in [5.41, 5.74) is 0.998. The fourth-order valence-corrected chi connectivity index (χ4v) is 2.85. The molecule has 1 aliphatic heterocycles. The molecule has 1 aliphatic rings. The van der Waals surface area contributed by atoms with Gasteiger partial charge in [-0.1, -0.05) is 12.1 Å². The van der Waals surface area contributed by atoms with Crippen LogP contribution in [0.4, 0.5) is 10.5 Å². The Kier molecular flexibility index (Phi) is 8.41. The van der Waals surface area contributed by atoms with Crippen LogP contribution in [0.25, 0.3) is 6.08 Å². The van der Waals surface area contributed by atoms with Gasteiger partial charge >= 0.3 is 12.1 Å². The zero-order chi connectivity index (χ0) is 22.1. The van der Waals surface area contributed by atoms with Crippen molar-refractivity contribution in [2.45, 2.75) is 33.3 Å². The van der Waals surface area contributed by atoms with E-state index in [0.717, 1.165) is 5.56 Å². The average Bonchev–Trinajstić information content (AvgIpc) is 2.67. The van der Waals surface area contributed by atoms with Gasteiger partial charge in [0.2, 0.25) is 5.91 Å². The summed E-state index contributed by atoms with van der Waals surface area (Å²) in [6, 6.07) is 7.18. The summed E-state index contributed by atoms with van der Waals surface area (Å²) in [6.45, 7) is 10.2. The minimum absolute atomic E-state index is 0.115. The number of esters is 1. The molecule has 1 N–H and O–H groups in total. The predicted octanol–water partition coefficient (Wildman–Crippen LogP) is 2.75. The third kappa shape index (κ3) is 8.24. The molecule has 1 heterocycles. The van der Waals surface area contributed by atoms with Gasteiger partial charge in [0.05, 0.1) is 13.2 Å². The van der Waals surface area contributed by atoms with Gasteiger partial charge in [0.1, 0.15) is 5.60 Å². The van der Waals surface area contributed by atoms with Crippen molar-refractivity contribution < 1.29 is 23.9 Å². The Bertz CT molecular complexity index is 760. The number of carbonyl (C=O) groups excluding carboxylic acids is 3. The number of carbonyl (C=O) groups is 3. The van der Waals surface area contributed by atoms with E-state index in [-0.39, 0.29) is 24.5 Å². The summed E-state index contributed by atoms with van der Waals surface area (Å²) < 4.78 is 10.2. The van der Waals surface area contributed by atoms with E-state index in [1.54, 1.807) is 30.0 Å². The molecule has 0 aliphatic carbocycles. The molecular weight excluding hydrogens is 386 g/mol. The molecule has 164 valence electrons. The van der Waals surface area contributed by atoms with E-state index in [1.165, 1.54) is 6.08 Å². The normalized spacial score (nSPS) is 15.1. The van der Waals surface area contributed by atoms with Gasteiger partial charge in [0.15, 0.2) is 0 Å². The van der Waals surface area contributed by atoms with E-state index in [1.807, 2.05) is 37.8 Å². The Morgan fingerprint density at radius 2 is 1.70 bits per heavy atom. The standard InChI is InChI=1S/C22H31N3O5/c1-5-29-20(27)11-8-17-6-9-18(10-7-17)23-19(26)16-24-12-14-25(15-13-24)21(28)30-22(2,3)4/h6-11H,5,12-16H2,1-4H3,(H,23,26). The second-order valence-electron chi connectivity index (χ2n) is 8.00. The molecule has 2 amide bonds. The van der Waals surface area contributed by atoms with Gasteiger partial charge in [0.25, 0.3) is 0 Å². The maximum Gasteiger partial charge on any atom is 0.410 e. The smallest absolute Gasteiger partial charge is 0.410 e. The summed E-state index contributed by atoms with van der Waals surface area (Å²) in [7, 11) is 0. The Morgan fingerprint density at radius 3 is 2.27 bits per heavy atom. The summed E-state index contributed by atoms with van der Waals surface area (Å²) in [5.74, 6) is -0.503. The SMILES string of the molecule is CCOC(=O)C=Cc1ccc(NC(=O)CN2CCN(C(=O)OC(C)(C)C)CC2)cc1. The highest BCUT2D eigenvalue weighted by atomic mass is 16.6. The monoisotopic (exact) mass is 417 g/mol. The fraction of sp³-hybridized carbons (Fsp3) is 0.500. The van der Waals surface area contributed by atoms with E-state index in [2.05, 4.69) is 5.32 Å². The largest absolute Gasteiger partial charge is 0.463 e. The number of benzene rings is 1. The first kappa shape index (κ1) is 23.4. The molecule has 1 saturated heterocycles. The lowest BCUT2D eigenvalue weighted by molar-refractivity contribution is -0.137. The van der Waals surface area contributed by atoms with E-state index in [9.17, 15) is 14.4 Å². The van der Waals surface area contributed by atoms with Crippen LogP contribution in [-0.4, -0.2) is 72.7 Å². The summed E-state index contributed by atoms with van der Waals surface area (Å²) in [6.07, 6.45) is 2.71. The minimum Gasteiger partial charge on any atom is -0.463 e. The molecule has 8 heteroatoms. The van der Waals surface area contributed by atoms with Crippen LogP contribution >= 0.6 is 0 Å². The van der Waals surface area contributed by atoms with Crippen LogP contribution in [0.3, 0.4) is 0 Å². The highest BCUT2D eigenvalue weighted by molar-refractivity contribution is 5.92. The highest BCUT2D eigenvalue weighted by Gasteiger charge is 2.26. The summed E-state index contributed by atoms with van der Waals surface area (Å²) in [5, 5.41) is 2.87. The zero-order valence-electron chi connectivity index (χ0n) is 18.1. The molecule has 2 rings (SSSR count). The number of amides is 2. The van der Waals surface area contributed by atoms with Crippen molar-refractivity contribution in [1.29, 1.82) is 0 Å². The molecule has 30 heavy (non-hydrogen) atoms. The van der Waals surface area contributed by atoms with Crippen LogP contribution in [0.1, 0.15) is 33.3 Å². The third-order valence-corrected chi connectivity index (χ3v) is 4.28. The second-order valence-corrected chi connectivity index (χ2v) is 8.00. The number of ether oxygens (including phenoxy) is 2. The van der Waals surface area contributed by atoms with Crippen LogP contribution in [0, 0.1) is 0 Å². The van der Waals surface area contributed by atoms with Gasteiger partial charge in [-0.25, -0.2) is 9.59 Å². The number of hydrogen-bond acceptors (Lipinski definition) is 6. The fourth-order valence-electron chi connectivity index (χ4n) is 2.85. The zero-order valence-corrected chi connectivity index (χ0v) is 18.1. The van der Waals surface area contributed by atoms with Gasteiger partial charge in [-0.05, 0) is 51.5 Å². The highest BCUT2D eigenvalue weighted by Crippen LogP contribution is 2.13. The molecule has 0 bridgehead atoms. The first-order valence-electron chi connectivity index (χ1n) is 10.1. The van der Waals surface area contributed by atoms with Gasteiger partial charge in [-0.3, -0.25) is 9.69 Å². The Balaban J connectivity index is 1.76. The van der Waals surface area contributed by atoms with Crippen molar-refractivity contribution >= 4 is 29.7 Å². The van der Waals surface area contributed by atoms with Crippen LogP contribution in [0.2, 0.25) is 0 Å². The third-order valence-electron chi connectivity index (χ3n) is 4.28. The molecule has 0 radical (unpaired) electrons. The first-order valence-corrected chi connectivity index (χ1v) is 10.1. The van der Waals surface area contributed by atoms with Crippen molar-refractivity contribution in [2.75, 3.05) is 44.6 Å². The first-order chi connectivity index (χ1) is 14.2. The molecule has 0 aromatic heterocycles. The predicted molar refractivity (Wildman–Crippen MR) is 115 cm³/mol. The van der Waals surface area contributed by atoms with E-state index in [0.29, 0.717) is 38.5 Å². The summed E-state index contributed by atoms with van der Waals surface area (Å²) >= 11 is 0. The molecule has 0 atom stereocenters. The van der Waals surface area contributed by atoms with Crippen molar-refractivity contribution in [3.63, 3.8) is 0 Å². The van der Waals surface area contributed by atoms with Gasteiger partial charge in [0, 0.05) is 37.9 Å². The average molecular weight is 418 g/mol. The number of piperazine rings is 1. The molecule has 0 spiro atoms. The van der Waals surface area contributed by atoms with Crippen molar-refractivity contribution in [1.82, 2.24) is 9.80 Å². The Morgan fingerprint density at radius 1 is 1.07 bits per heavy atom. The van der Waals surface area contributed by atoms with Crippen LogP contribution in [0.5, 0.6) is 0 Å². The van der Waals surface area contributed by atoms with Gasteiger partial charge in [-0.2, -0.15) is 0 Å². The second kappa shape index (κ2) is 10.8.